The largest absolute Gasteiger partial charge is 0.493 e. The lowest BCUT2D eigenvalue weighted by molar-refractivity contribution is 0.123. The second kappa shape index (κ2) is 5.72. The third-order valence-corrected chi connectivity index (χ3v) is 2.51. The normalized spacial score (nSPS) is 10.6. The van der Waals surface area contributed by atoms with E-state index in [1.54, 1.807) is 14.2 Å². The summed E-state index contributed by atoms with van der Waals surface area (Å²) in [5.41, 5.74) is 2.18. The lowest BCUT2D eigenvalue weighted by Crippen LogP contribution is -2.05. The van der Waals surface area contributed by atoms with Crippen LogP contribution in [0.5, 0.6) is 11.5 Å². The minimum absolute atomic E-state index is 0.369. The second-order valence-electron chi connectivity index (χ2n) is 3.87. The zero-order valence-electron chi connectivity index (χ0n) is 10.2. The zero-order valence-corrected chi connectivity index (χ0v) is 10.2. The van der Waals surface area contributed by atoms with Crippen LogP contribution in [0.3, 0.4) is 0 Å². The van der Waals surface area contributed by atoms with E-state index in [-0.39, 0.29) is 0 Å². The fourth-order valence-electron chi connectivity index (χ4n) is 1.69. The van der Waals surface area contributed by atoms with E-state index in [2.05, 4.69) is 13.8 Å². The molecule has 0 aliphatic rings. The summed E-state index contributed by atoms with van der Waals surface area (Å²) >= 11 is 0. The van der Waals surface area contributed by atoms with Gasteiger partial charge in [-0.2, -0.15) is 0 Å². The summed E-state index contributed by atoms with van der Waals surface area (Å²) in [6.45, 7) is 4.59. The fraction of sp³-hybridized carbons (Fsp3) is 0.500. The maximum atomic E-state index is 5.26. The number of methoxy groups -OCH3 is 2. The molecule has 0 radical (unpaired) electrons. The Bertz CT molecular complexity index is 350. The molecule has 0 bridgehead atoms. The van der Waals surface area contributed by atoms with E-state index in [0.717, 1.165) is 16.9 Å². The first-order valence-electron chi connectivity index (χ1n) is 5.20. The van der Waals surface area contributed by atoms with Crippen molar-refractivity contribution in [2.24, 2.45) is 5.90 Å². The topological polar surface area (TPSA) is 53.7 Å². The zero-order chi connectivity index (χ0) is 12.1. The average Bonchev–Trinajstić information content (AvgIpc) is 2.28. The van der Waals surface area contributed by atoms with Crippen LogP contribution in [0.2, 0.25) is 0 Å². The molecule has 0 amide bonds. The second-order valence-corrected chi connectivity index (χ2v) is 3.87. The molecule has 0 saturated heterocycles. The molecule has 0 aliphatic carbocycles. The molecule has 0 spiro atoms. The van der Waals surface area contributed by atoms with Gasteiger partial charge in [0.05, 0.1) is 20.8 Å². The number of hydrogen-bond acceptors (Lipinski definition) is 4. The predicted molar refractivity (Wildman–Crippen MR) is 62.6 cm³/mol. The van der Waals surface area contributed by atoms with Crippen LogP contribution in [0.1, 0.15) is 30.9 Å². The van der Waals surface area contributed by atoms with E-state index in [1.807, 2.05) is 12.1 Å². The molecule has 0 unspecified atom stereocenters. The van der Waals surface area contributed by atoms with E-state index >= 15 is 0 Å². The molecule has 0 heterocycles. The highest BCUT2D eigenvalue weighted by Crippen LogP contribution is 2.33. The molecule has 2 N–H and O–H groups in total. The Hall–Kier alpha value is -1.26. The van der Waals surface area contributed by atoms with Crippen molar-refractivity contribution < 1.29 is 14.3 Å². The van der Waals surface area contributed by atoms with Gasteiger partial charge in [0.2, 0.25) is 0 Å². The Morgan fingerprint density at radius 3 is 2.12 bits per heavy atom. The van der Waals surface area contributed by atoms with Gasteiger partial charge in [0.1, 0.15) is 0 Å². The van der Waals surface area contributed by atoms with Crippen LogP contribution in [-0.2, 0) is 11.4 Å². The molecule has 1 aromatic rings. The summed E-state index contributed by atoms with van der Waals surface area (Å²) in [5, 5.41) is 0. The van der Waals surface area contributed by atoms with Gasteiger partial charge < -0.3 is 9.47 Å². The van der Waals surface area contributed by atoms with Gasteiger partial charge in [-0.15, -0.1) is 0 Å². The van der Waals surface area contributed by atoms with Crippen LogP contribution in [0.15, 0.2) is 12.1 Å². The molecule has 1 rings (SSSR count). The molecular weight excluding hydrogens is 206 g/mol. The first-order valence-corrected chi connectivity index (χ1v) is 5.20. The van der Waals surface area contributed by atoms with Crippen LogP contribution >= 0.6 is 0 Å². The molecule has 0 atom stereocenters. The van der Waals surface area contributed by atoms with Crippen LogP contribution in [-0.4, -0.2) is 14.2 Å². The first-order chi connectivity index (χ1) is 7.63. The van der Waals surface area contributed by atoms with E-state index in [1.165, 1.54) is 0 Å². The molecule has 4 nitrogen and oxygen atoms in total. The summed E-state index contributed by atoms with van der Waals surface area (Å²) in [7, 11) is 3.24. The molecule has 16 heavy (non-hydrogen) atoms. The molecule has 4 heteroatoms. The fourth-order valence-corrected chi connectivity index (χ4v) is 1.69. The molecule has 1 aromatic carbocycles. The molecular formula is C12H19NO3. The molecule has 0 aromatic heterocycles. The van der Waals surface area contributed by atoms with Crippen molar-refractivity contribution in [1.29, 1.82) is 0 Å². The SMILES string of the molecule is COc1cc(CON)c(C(C)C)cc1OC. The highest BCUT2D eigenvalue weighted by atomic mass is 16.6. The average molecular weight is 225 g/mol. The van der Waals surface area contributed by atoms with Gasteiger partial charge in [0.25, 0.3) is 0 Å². The number of ether oxygens (including phenoxy) is 2. The Morgan fingerprint density at radius 1 is 1.12 bits per heavy atom. The third kappa shape index (κ3) is 2.65. The smallest absolute Gasteiger partial charge is 0.161 e. The number of benzene rings is 1. The van der Waals surface area contributed by atoms with Crippen molar-refractivity contribution in [3.05, 3.63) is 23.3 Å². The van der Waals surface area contributed by atoms with Crippen LogP contribution in [0.25, 0.3) is 0 Å². The number of nitrogens with two attached hydrogens (primary N) is 1. The van der Waals surface area contributed by atoms with Crippen LogP contribution < -0.4 is 15.4 Å². The number of rotatable bonds is 5. The lowest BCUT2D eigenvalue weighted by atomic mass is 9.97. The van der Waals surface area contributed by atoms with Crippen LogP contribution in [0.4, 0.5) is 0 Å². The minimum Gasteiger partial charge on any atom is -0.493 e. The summed E-state index contributed by atoms with van der Waals surface area (Å²) in [4.78, 5) is 4.70. The van der Waals surface area contributed by atoms with Gasteiger partial charge in [-0.3, -0.25) is 4.84 Å². The van der Waals surface area contributed by atoms with E-state index in [9.17, 15) is 0 Å². The van der Waals surface area contributed by atoms with Crippen molar-refractivity contribution in [2.75, 3.05) is 14.2 Å². The monoisotopic (exact) mass is 225 g/mol. The molecule has 0 fully saturated rings. The quantitative estimate of drug-likeness (QED) is 0.781. The number of hydrogen-bond donors (Lipinski definition) is 1. The molecule has 90 valence electrons. The van der Waals surface area contributed by atoms with Crippen LogP contribution in [0, 0.1) is 0 Å². The minimum atomic E-state index is 0.369. The summed E-state index contributed by atoms with van der Waals surface area (Å²) in [5.74, 6) is 6.92. The van der Waals surface area contributed by atoms with Crippen molar-refractivity contribution in [3.8, 4) is 11.5 Å². The van der Waals surface area contributed by atoms with Crippen molar-refractivity contribution in [2.45, 2.75) is 26.4 Å². The van der Waals surface area contributed by atoms with Crippen molar-refractivity contribution in [3.63, 3.8) is 0 Å². The summed E-state index contributed by atoms with van der Waals surface area (Å²) in [6, 6.07) is 3.87. The van der Waals surface area contributed by atoms with Gasteiger partial charge in [0, 0.05) is 0 Å². The summed E-state index contributed by atoms with van der Waals surface area (Å²) in [6.07, 6.45) is 0. The Morgan fingerprint density at radius 2 is 1.69 bits per heavy atom. The van der Waals surface area contributed by atoms with Gasteiger partial charge in [-0.1, -0.05) is 13.8 Å². The molecule has 0 saturated carbocycles. The summed E-state index contributed by atoms with van der Waals surface area (Å²) < 4.78 is 10.5. The standard InChI is InChI=1S/C12H19NO3/c1-8(2)10-6-12(15-4)11(14-3)5-9(10)7-16-13/h5-6,8H,7,13H2,1-4H3. The third-order valence-electron chi connectivity index (χ3n) is 2.51. The predicted octanol–water partition coefficient (Wildman–Crippen LogP) is 2.22. The van der Waals surface area contributed by atoms with E-state index in [0.29, 0.717) is 18.3 Å². The Balaban J connectivity index is 3.23. The van der Waals surface area contributed by atoms with Gasteiger partial charge in [-0.05, 0) is 29.2 Å². The Kier molecular flexibility index (Phi) is 4.58. The molecule has 0 aliphatic heterocycles. The highest BCUT2D eigenvalue weighted by molar-refractivity contribution is 5.48. The van der Waals surface area contributed by atoms with E-state index < -0.39 is 0 Å². The lowest BCUT2D eigenvalue weighted by Gasteiger charge is -2.16. The Labute approximate surface area is 96.3 Å². The maximum Gasteiger partial charge on any atom is 0.161 e. The van der Waals surface area contributed by atoms with Gasteiger partial charge in [-0.25, -0.2) is 5.90 Å². The van der Waals surface area contributed by atoms with Gasteiger partial charge >= 0.3 is 0 Å². The van der Waals surface area contributed by atoms with E-state index in [4.69, 9.17) is 20.2 Å². The highest BCUT2D eigenvalue weighted by Gasteiger charge is 2.13. The van der Waals surface area contributed by atoms with Crippen molar-refractivity contribution in [1.82, 2.24) is 0 Å². The van der Waals surface area contributed by atoms with Crippen molar-refractivity contribution >= 4 is 0 Å². The van der Waals surface area contributed by atoms with Gasteiger partial charge in [0.15, 0.2) is 11.5 Å². The first kappa shape index (κ1) is 12.8. The maximum absolute atomic E-state index is 5.26.